The second-order valence-corrected chi connectivity index (χ2v) is 5.18. The summed E-state index contributed by atoms with van der Waals surface area (Å²) in [6.07, 6.45) is 0. The first-order valence-corrected chi connectivity index (χ1v) is 8.04. The van der Waals surface area contributed by atoms with Crippen LogP contribution >= 0.6 is 0 Å². The summed E-state index contributed by atoms with van der Waals surface area (Å²) in [5.41, 5.74) is 1.98. The lowest BCUT2D eigenvalue weighted by Crippen LogP contribution is -2.42. The molecule has 1 aliphatic heterocycles. The van der Waals surface area contributed by atoms with Crippen molar-refractivity contribution in [1.82, 2.24) is 9.80 Å². The van der Waals surface area contributed by atoms with Gasteiger partial charge in [0.2, 0.25) is 0 Å². The number of nitrogens with one attached hydrogen (secondary N) is 1. The van der Waals surface area contributed by atoms with Gasteiger partial charge >= 0.3 is 6.03 Å². The molecule has 5 nitrogen and oxygen atoms in total. The number of morpholine rings is 1. The van der Waals surface area contributed by atoms with Gasteiger partial charge in [-0.2, -0.15) is 0 Å². The number of amides is 2. The van der Waals surface area contributed by atoms with E-state index in [1.807, 2.05) is 52.1 Å². The summed E-state index contributed by atoms with van der Waals surface area (Å²) in [5.74, 6) is 0. The average Bonchev–Trinajstić information content (AvgIpc) is 2.55. The maximum atomic E-state index is 12.1. The Kier molecular flexibility index (Phi) is 8.55. The Hall–Kier alpha value is -1.59. The molecule has 0 aromatic heterocycles. The first kappa shape index (κ1) is 18.5. The molecular formula is C17H29N3O2. The number of likely N-dealkylation sites (N-methyl/N-ethyl adjacent to an activating group) is 1. The van der Waals surface area contributed by atoms with E-state index in [2.05, 4.69) is 10.2 Å². The number of urea groups is 1. The molecule has 1 heterocycles. The van der Waals surface area contributed by atoms with Gasteiger partial charge in [-0.15, -0.1) is 0 Å². The van der Waals surface area contributed by atoms with Crippen LogP contribution in [0.2, 0.25) is 0 Å². The fourth-order valence-corrected chi connectivity index (χ4v) is 2.16. The van der Waals surface area contributed by atoms with Crippen LogP contribution in [0, 0.1) is 6.92 Å². The molecule has 22 heavy (non-hydrogen) atoms. The van der Waals surface area contributed by atoms with Crippen molar-refractivity contribution in [1.29, 1.82) is 0 Å². The van der Waals surface area contributed by atoms with E-state index in [1.54, 1.807) is 4.90 Å². The highest BCUT2D eigenvalue weighted by atomic mass is 16.5. The van der Waals surface area contributed by atoms with Gasteiger partial charge in [-0.05, 0) is 24.6 Å². The third-order valence-electron chi connectivity index (χ3n) is 3.47. The van der Waals surface area contributed by atoms with Crippen LogP contribution in [0.5, 0.6) is 0 Å². The molecular weight excluding hydrogens is 278 g/mol. The normalized spacial score (nSPS) is 14.7. The van der Waals surface area contributed by atoms with Crippen LogP contribution in [0.15, 0.2) is 24.3 Å². The fourth-order valence-electron chi connectivity index (χ4n) is 2.16. The van der Waals surface area contributed by atoms with Gasteiger partial charge in [-0.3, -0.25) is 4.90 Å². The summed E-state index contributed by atoms with van der Waals surface area (Å²) in [6.45, 7) is 11.1. The van der Waals surface area contributed by atoms with Crippen LogP contribution < -0.4 is 5.32 Å². The number of rotatable bonds is 4. The molecule has 0 bridgehead atoms. The minimum atomic E-state index is -0.0659. The minimum absolute atomic E-state index is 0.0659. The van der Waals surface area contributed by atoms with Crippen LogP contribution in [0.4, 0.5) is 10.5 Å². The van der Waals surface area contributed by atoms with Crippen molar-refractivity contribution in [3.63, 3.8) is 0 Å². The van der Waals surface area contributed by atoms with Crippen molar-refractivity contribution in [2.75, 3.05) is 51.8 Å². The van der Waals surface area contributed by atoms with E-state index in [-0.39, 0.29) is 6.03 Å². The lowest BCUT2D eigenvalue weighted by molar-refractivity contribution is 0.0359. The smallest absolute Gasteiger partial charge is 0.321 e. The van der Waals surface area contributed by atoms with Crippen molar-refractivity contribution in [3.05, 3.63) is 29.8 Å². The van der Waals surface area contributed by atoms with Gasteiger partial charge in [-0.25, -0.2) is 4.79 Å². The summed E-state index contributed by atoms with van der Waals surface area (Å²) >= 11 is 0. The number of carbonyl (C=O) groups excluding carboxylic acids is 1. The monoisotopic (exact) mass is 307 g/mol. The molecule has 0 atom stereocenters. The molecule has 1 N–H and O–H groups in total. The lowest BCUT2D eigenvalue weighted by atomic mass is 10.2. The molecule has 1 saturated heterocycles. The number of ether oxygens (including phenoxy) is 1. The van der Waals surface area contributed by atoms with Crippen molar-refractivity contribution < 1.29 is 9.53 Å². The molecule has 0 saturated carbocycles. The van der Waals surface area contributed by atoms with Gasteiger partial charge < -0.3 is 15.0 Å². The third-order valence-corrected chi connectivity index (χ3v) is 3.47. The summed E-state index contributed by atoms with van der Waals surface area (Å²) < 4.78 is 5.31. The zero-order chi connectivity index (χ0) is 16.4. The molecule has 124 valence electrons. The van der Waals surface area contributed by atoms with Crippen molar-refractivity contribution in [2.24, 2.45) is 0 Å². The number of hydrogen-bond donors (Lipinski definition) is 1. The van der Waals surface area contributed by atoms with Crippen molar-refractivity contribution >= 4 is 11.7 Å². The molecule has 0 spiro atoms. The van der Waals surface area contributed by atoms with Crippen molar-refractivity contribution in [2.45, 2.75) is 20.8 Å². The standard InChI is InChI=1S/C15H23N3O2.C2H6/c1-13-4-3-5-14(12-13)16-15(19)17(2)6-7-18-8-10-20-11-9-18;1-2/h3-5,12H,6-11H2,1-2H3,(H,16,19);1-2H3. The molecule has 2 amide bonds. The molecule has 0 aliphatic carbocycles. The predicted octanol–water partition coefficient (Wildman–Crippen LogP) is 2.82. The molecule has 2 rings (SSSR count). The average molecular weight is 307 g/mol. The summed E-state index contributed by atoms with van der Waals surface area (Å²) in [7, 11) is 1.82. The number of aryl methyl sites for hydroxylation is 1. The summed E-state index contributed by atoms with van der Waals surface area (Å²) in [4.78, 5) is 16.1. The molecule has 0 radical (unpaired) electrons. The van der Waals surface area contributed by atoms with E-state index in [4.69, 9.17) is 4.74 Å². The molecule has 1 aromatic carbocycles. The first-order valence-electron chi connectivity index (χ1n) is 8.04. The van der Waals surface area contributed by atoms with Gasteiger partial charge in [0.25, 0.3) is 0 Å². The Morgan fingerprint density at radius 1 is 1.32 bits per heavy atom. The highest BCUT2D eigenvalue weighted by molar-refractivity contribution is 5.89. The Balaban J connectivity index is 0.00000116. The van der Waals surface area contributed by atoms with E-state index in [0.717, 1.165) is 50.6 Å². The summed E-state index contributed by atoms with van der Waals surface area (Å²) in [5, 5.41) is 2.91. The maximum absolute atomic E-state index is 12.1. The largest absolute Gasteiger partial charge is 0.379 e. The van der Waals surface area contributed by atoms with Gasteiger partial charge in [0.1, 0.15) is 0 Å². The fraction of sp³-hybridized carbons (Fsp3) is 0.588. The quantitative estimate of drug-likeness (QED) is 0.930. The zero-order valence-electron chi connectivity index (χ0n) is 14.3. The summed E-state index contributed by atoms with van der Waals surface area (Å²) in [6, 6.07) is 7.76. The Bertz CT molecular complexity index is 445. The highest BCUT2D eigenvalue weighted by Crippen LogP contribution is 2.10. The Morgan fingerprint density at radius 3 is 2.64 bits per heavy atom. The van der Waals surface area contributed by atoms with Gasteiger partial charge in [0.15, 0.2) is 0 Å². The van der Waals surface area contributed by atoms with Crippen LogP contribution in [0.1, 0.15) is 19.4 Å². The zero-order valence-corrected chi connectivity index (χ0v) is 14.3. The van der Waals surface area contributed by atoms with Gasteiger partial charge in [0, 0.05) is 38.9 Å². The highest BCUT2D eigenvalue weighted by Gasteiger charge is 2.13. The Morgan fingerprint density at radius 2 is 2.00 bits per heavy atom. The maximum Gasteiger partial charge on any atom is 0.321 e. The number of carbonyl (C=O) groups is 1. The van der Waals surface area contributed by atoms with E-state index < -0.39 is 0 Å². The van der Waals surface area contributed by atoms with Crippen LogP contribution in [0.25, 0.3) is 0 Å². The first-order chi connectivity index (χ1) is 10.6. The van der Waals surface area contributed by atoms with E-state index in [1.165, 1.54) is 0 Å². The molecule has 1 fully saturated rings. The van der Waals surface area contributed by atoms with Crippen LogP contribution in [-0.4, -0.2) is 62.3 Å². The van der Waals surface area contributed by atoms with Crippen LogP contribution in [0.3, 0.4) is 0 Å². The van der Waals surface area contributed by atoms with Crippen LogP contribution in [-0.2, 0) is 4.74 Å². The molecule has 5 heteroatoms. The number of benzene rings is 1. The molecule has 1 aliphatic rings. The van der Waals surface area contributed by atoms with E-state index in [9.17, 15) is 4.79 Å². The van der Waals surface area contributed by atoms with Crippen molar-refractivity contribution in [3.8, 4) is 0 Å². The topological polar surface area (TPSA) is 44.8 Å². The lowest BCUT2D eigenvalue weighted by Gasteiger charge is -2.28. The molecule has 0 unspecified atom stereocenters. The second-order valence-electron chi connectivity index (χ2n) is 5.18. The number of anilines is 1. The van der Waals surface area contributed by atoms with E-state index in [0.29, 0.717) is 0 Å². The Labute approximate surface area is 134 Å². The van der Waals surface area contributed by atoms with Gasteiger partial charge in [0.05, 0.1) is 13.2 Å². The minimum Gasteiger partial charge on any atom is -0.379 e. The number of hydrogen-bond acceptors (Lipinski definition) is 3. The molecule has 1 aromatic rings. The third kappa shape index (κ3) is 6.45. The van der Waals surface area contributed by atoms with E-state index >= 15 is 0 Å². The number of nitrogens with zero attached hydrogens (tertiary/aromatic N) is 2. The SMILES string of the molecule is CC.Cc1cccc(NC(=O)N(C)CCN2CCOCC2)c1. The second kappa shape index (κ2) is 10.2. The van der Waals surface area contributed by atoms with Gasteiger partial charge in [-0.1, -0.05) is 26.0 Å². The predicted molar refractivity (Wildman–Crippen MR) is 91.4 cm³/mol.